The number of ether oxygens (including phenoxy) is 1. The maximum absolute atomic E-state index is 11.9. The average Bonchev–Trinajstić information content (AvgIpc) is 2.01. The van der Waals surface area contributed by atoms with Crippen LogP contribution in [0, 0.1) is 5.92 Å². The van der Waals surface area contributed by atoms with E-state index in [9.17, 15) is 13.2 Å². The van der Waals surface area contributed by atoms with Crippen LogP contribution >= 0.6 is 0 Å². The Morgan fingerprint density at radius 2 is 2.08 bits per heavy atom. The second kappa shape index (κ2) is 4.46. The molecule has 5 heteroatoms. The second-order valence-corrected chi connectivity index (χ2v) is 4.77. The first-order valence-electron chi connectivity index (χ1n) is 4.67. The van der Waals surface area contributed by atoms with Crippen LogP contribution in [0.1, 0.15) is 25.7 Å². The fourth-order valence-corrected chi connectivity index (χ4v) is 2.62. The number of hydrogen-bond acceptors (Lipinski definition) is 1. The van der Waals surface area contributed by atoms with Crippen LogP contribution in [0.25, 0.3) is 0 Å². The molecule has 2 unspecified atom stereocenters. The van der Waals surface area contributed by atoms with E-state index in [4.69, 9.17) is 4.74 Å². The van der Waals surface area contributed by atoms with Crippen LogP contribution in [-0.4, -0.2) is 28.8 Å². The Kier molecular flexibility index (Phi) is 3.79. The van der Waals surface area contributed by atoms with Gasteiger partial charge in [-0.15, -0.1) is 0 Å². The van der Waals surface area contributed by atoms with Gasteiger partial charge in [-0.2, -0.15) is 13.2 Å². The van der Waals surface area contributed by atoms with E-state index in [-0.39, 0.29) is 18.1 Å². The van der Waals surface area contributed by atoms with E-state index < -0.39 is 12.6 Å². The van der Waals surface area contributed by atoms with Crippen molar-refractivity contribution in [2.24, 2.45) is 5.92 Å². The van der Waals surface area contributed by atoms with Gasteiger partial charge >= 0.3 is 6.18 Å². The first kappa shape index (κ1) is 11.0. The van der Waals surface area contributed by atoms with Crippen molar-refractivity contribution in [2.75, 3.05) is 6.61 Å². The molecule has 0 amide bonds. The van der Waals surface area contributed by atoms with Crippen molar-refractivity contribution >= 4 is 10.2 Å². The van der Waals surface area contributed by atoms with Crippen molar-refractivity contribution in [3.63, 3.8) is 0 Å². The Balaban J connectivity index is 2.27. The third kappa shape index (κ3) is 4.13. The summed E-state index contributed by atoms with van der Waals surface area (Å²) < 4.78 is 41.1. The Hall–Kier alpha value is -0.0331. The minimum Gasteiger partial charge on any atom is -0.382 e. The summed E-state index contributed by atoms with van der Waals surface area (Å²) in [5.41, 5.74) is 0.135. The predicted octanol–water partition coefficient (Wildman–Crippen LogP) is 1.45. The minimum atomic E-state index is -4.00. The zero-order chi connectivity index (χ0) is 9.90. The maximum atomic E-state index is 11.9. The van der Waals surface area contributed by atoms with Crippen molar-refractivity contribution in [3.05, 3.63) is 0 Å². The lowest BCUT2D eigenvalue weighted by Gasteiger charge is -2.29. The molecule has 0 aromatic carbocycles. The van der Waals surface area contributed by atoms with Gasteiger partial charge < -0.3 is 4.74 Å². The largest absolute Gasteiger partial charge is 0.389 e. The molecule has 0 saturated carbocycles. The molecule has 1 rings (SSSR count). The standard InChI is InChI=1S/C8H15F3OSi/c9-8(10,11)4-3-6-2-1-5-12-7(6)13/h6-7H,1-5H2,13H3. The zero-order valence-corrected chi connectivity index (χ0v) is 9.73. The third-order valence-electron chi connectivity index (χ3n) is 2.56. The van der Waals surface area contributed by atoms with Gasteiger partial charge in [-0.1, -0.05) is 0 Å². The molecule has 1 saturated heterocycles. The summed E-state index contributed by atoms with van der Waals surface area (Å²) in [5.74, 6) is 0.155. The molecule has 13 heavy (non-hydrogen) atoms. The lowest BCUT2D eigenvalue weighted by Crippen LogP contribution is -2.30. The fourth-order valence-electron chi connectivity index (χ4n) is 1.71. The molecule has 0 N–H and O–H groups in total. The molecule has 0 radical (unpaired) electrons. The van der Waals surface area contributed by atoms with Crippen molar-refractivity contribution in [2.45, 2.75) is 37.6 Å². The Morgan fingerprint density at radius 1 is 1.38 bits per heavy atom. The summed E-state index contributed by atoms with van der Waals surface area (Å²) in [5, 5.41) is 0. The van der Waals surface area contributed by atoms with Crippen molar-refractivity contribution in [3.8, 4) is 0 Å². The number of hydrogen-bond donors (Lipinski definition) is 0. The summed E-state index contributed by atoms with van der Waals surface area (Å²) >= 11 is 0. The molecule has 0 aliphatic carbocycles. The molecule has 0 aromatic heterocycles. The lowest BCUT2D eigenvalue weighted by atomic mass is 9.96. The van der Waals surface area contributed by atoms with E-state index in [0.717, 1.165) is 29.7 Å². The smallest absolute Gasteiger partial charge is 0.382 e. The van der Waals surface area contributed by atoms with Gasteiger partial charge in [0, 0.05) is 29.0 Å². The summed E-state index contributed by atoms with van der Waals surface area (Å²) in [4.78, 5) is 0. The fraction of sp³-hybridized carbons (Fsp3) is 1.00. The van der Waals surface area contributed by atoms with Crippen LogP contribution in [0.15, 0.2) is 0 Å². The normalized spacial score (nSPS) is 30.7. The molecule has 1 heterocycles. The van der Waals surface area contributed by atoms with Crippen LogP contribution in [0.3, 0.4) is 0 Å². The quantitative estimate of drug-likeness (QED) is 0.629. The SMILES string of the molecule is FC(F)(F)CCC1CCCOC1[SiH3]. The highest BCUT2D eigenvalue weighted by molar-refractivity contribution is 6.11. The van der Waals surface area contributed by atoms with Gasteiger partial charge in [0.2, 0.25) is 0 Å². The zero-order valence-electron chi connectivity index (χ0n) is 7.73. The molecule has 1 aliphatic rings. The summed E-state index contributed by atoms with van der Waals surface area (Å²) in [7, 11) is 0.845. The second-order valence-electron chi connectivity index (χ2n) is 3.63. The number of alkyl halides is 3. The number of halogens is 3. The van der Waals surface area contributed by atoms with Gasteiger partial charge in [0.1, 0.15) is 0 Å². The minimum absolute atomic E-state index is 0.135. The van der Waals surface area contributed by atoms with Gasteiger partial charge in [-0.05, 0) is 25.2 Å². The van der Waals surface area contributed by atoms with Crippen molar-refractivity contribution in [1.29, 1.82) is 0 Å². The Labute approximate surface area is 79.1 Å². The van der Waals surface area contributed by atoms with Gasteiger partial charge in [0.25, 0.3) is 0 Å². The Bertz CT molecular complexity index is 160. The first-order valence-corrected chi connectivity index (χ1v) is 5.83. The van der Waals surface area contributed by atoms with Crippen LogP contribution in [-0.2, 0) is 4.74 Å². The van der Waals surface area contributed by atoms with Crippen LogP contribution in [0.2, 0.25) is 0 Å². The van der Waals surface area contributed by atoms with Gasteiger partial charge in [-0.25, -0.2) is 0 Å². The van der Waals surface area contributed by atoms with Crippen LogP contribution in [0.5, 0.6) is 0 Å². The highest BCUT2D eigenvalue weighted by atomic mass is 28.1. The molecule has 0 spiro atoms. The predicted molar refractivity (Wildman–Crippen MR) is 47.7 cm³/mol. The maximum Gasteiger partial charge on any atom is 0.389 e. The monoisotopic (exact) mass is 212 g/mol. The van der Waals surface area contributed by atoms with Crippen molar-refractivity contribution in [1.82, 2.24) is 0 Å². The lowest BCUT2D eigenvalue weighted by molar-refractivity contribution is -0.140. The Morgan fingerprint density at radius 3 is 2.62 bits per heavy atom. The molecule has 78 valence electrons. The molecule has 0 bridgehead atoms. The van der Waals surface area contributed by atoms with E-state index in [0.29, 0.717) is 0 Å². The van der Waals surface area contributed by atoms with Crippen molar-refractivity contribution < 1.29 is 17.9 Å². The highest BCUT2D eigenvalue weighted by Crippen LogP contribution is 2.29. The van der Waals surface area contributed by atoms with E-state index >= 15 is 0 Å². The van der Waals surface area contributed by atoms with Gasteiger partial charge in [0.05, 0.1) is 0 Å². The molecule has 2 atom stereocenters. The highest BCUT2D eigenvalue weighted by Gasteiger charge is 2.30. The van der Waals surface area contributed by atoms with E-state index in [2.05, 4.69) is 0 Å². The average molecular weight is 212 g/mol. The van der Waals surface area contributed by atoms with E-state index in [1.807, 2.05) is 0 Å². The molecular formula is C8H15F3OSi. The van der Waals surface area contributed by atoms with Gasteiger partial charge in [0.15, 0.2) is 0 Å². The molecule has 1 fully saturated rings. The molecule has 1 nitrogen and oxygen atoms in total. The van der Waals surface area contributed by atoms with E-state index in [1.54, 1.807) is 0 Å². The summed E-state index contributed by atoms with van der Waals surface area (Å²) in [6.07, 6.45) is -2.58. The third-order valence-corrected chi connectivity index (χ3v) is 3.84. The van der Waals surface area contributed by atoms with E-state index in [1.165, 1.54) is 0 Å². The number of rotatable bonds is 2. The molecular weight excluding hydrogens is 197 g/mol. The van der Waals surface area contributed by atoms with Gasteiger partial charge in [-0.3, -0.25) is 0 Å². The molecule has 0 aromatic rings. The summed E-state index contributed by atoms with van der Waals surface area (Å²) in [6.45, 7) is 0.733. The first-order chi connectivity index (χ1) is 5.99. The molecule has 1 aliphatic heterocycles. The van der Waals surface area contributed by atoms with Crippen LogP contribution in [0.4, 0.5) is 13.2 Å². The topological polar surface area (TPSA) is 9.23 Å². The summed E-state index contributed by atoms with van der Waals surface area (Å²) in [6, 6.07) is 0. The van der Waals surface area contributed by atoms with Crippen LogP contribution < -0.4 is 0 Å².